The van der Waals surface area contributed by atoms with Crippen molar-refractivity contribution in [3.05, 3.63) is 57.9 Å². The molecule has 9 heteroatoms. The third-order valence-corrected chi connectivity index (χ3v) is 3.50. The molecule has 1 N–H and O–H groups in total. The fraction of sp³-hybridized carbons (Fsp3) is 0.214. The summed E-state index contributed by atoms with van der Waals surface area (Å²) in [6.07, 6.45) is 1.15. The first-order chi connectivity index (χ1) is 11.0. The van der Waals surface area contributed by atoms with Gasteiger partial charge in [0.2, 0.25) is 0 Å². The Balaban J connectivity index is 1.69. The van der Waals surface area contributed by atoms with Crippen molar-refractivity contribution in [2.24, 2.45) is 0 Å². The highest BCUT2D eigenvalue weighted by Gasteiger charge is 2.36. The molecule has 118 valence electrons. The second-order valence-corrected chi connectivity index (χ2v) is 5.10. The summed E-state index contributed by atoms with van der Waals surface area (Å²) in [5, 5.41) is 24.4. The van der Waals surface area contributed by atoms with Gasteiger partial charge in [-0.3, -0.25) is 29.3 Å². The lowest BCUT2D eigenvalue weighted by atomic mass is 10.1. The smallest absolute Gasteiger partial charge is 0.306 e. The molecule has 1 unspecified atom stereocenters. The molecule has 0 saturated carbocycles. The summed E-state index contributed by atoms with van der Waals surface area (Å²) in [5.41, 5.74) is 0.414. The van der Waals surface area contributed by atoms with E-state index >= 15 is 0 Å². The van der Waals surface area contributed by atoms with Crippen molar-refractivity contribution in [3.63, 3.8) is 0 Å². The summed E-state index contributed by atoms with van der Waals surface area (Å²) in [6, 6.07) is 6.43. The zero-order valence-corrected chi connectivity index (χ0v) is 11.8. The summed E-state index contributed by atoms with van der Waals surface area (Å²) in [6.45, 7) is -0.277. The first-order valence-electron chi connectivity index (χ1n) is 6.77. The highest BCUT2D eigenvalue weighted by Crippen LogP contribution is 2.22. The molecule has 1 aromatic carbocycles. The van der Waals surface area contributed by atoms with Crippen LogP contribution in [-0.4, -0.2) is 49.2 Å². The van der Waals surface area contributed by atoms with Crippen LogP contribution in [0.1, 0.15) is 20.7 Å². The first-order valence-corrected chi connectivity index (χ1v) is 6.77. The van der Waals surface area contributed by atoms with E-state index in [1.165, 1.54) is 10.9 Å². The highest BCUT2D eigenvalue weighted by atomic mass is 16.6. The van der Waals surface area contributed by atoms with Crippen LogP contribution in [0.5, 0.6) is 0 Å². The first kappa shape index (κ1) is 14.9. The molecule has 23 heavy (non-hydrogen) atoms. The lowest BCUT2D eigenvalue weighted by molar-refractivity contribution is -0.385. The molecule has 9 nitrogen and oxygen atoms in total. The average Bonchev–Trinajstić information content (AvgIpc) is 3.07. The maximum atomic E-state index is 12.2. The maximum absolute atomic E-state index is 12.2. The van der Waals surface area contributed by atoms with Gasteiger partial charge in [0, 0.05) is 0 Å². The second-order valence-electron chi connectivity index (χ2n) is 5.10. The number of benzene rings is 1. The topological polar surface area (TPSA) is 119 Å². The lowest BCUT2D eigenvalue weighted by Gasteiger charge is -2.18. The number of rotatable bonds is 5. The molecule has 0 bridgehead atoms. The Morgan fingerprint density at radius 2 is 1.78 bits per heavy atom. The molecule has 1 aromatic heterocycles. The molecule has 1 aliphatic heterocycles. The number of nitrogens with zero attached hydrogens (tertiary/aromatic N) is 4. The van der Waals surface area contributed by atoms with Crippen molar-refractivity contribution in [1.82, 2.24) is 14.7 Å². The number of carbonyl (C=O) groups excluding carboxylic acids is 2. The van der Waals surface area contributed by atoms with Crippen molar-refractivity contribution < 1.29 is 19.6 Å². The predicted molar refractivity (Wildman–Crippen MR) is 76.7 cm³/mol. The van der Waals surface area contributed by atoms with Crippen molar-refractivity contribution >= 4 is 17.5 Å². The summed E-state index contributed by atoms with van der Waals surface area (Å²) < 4.78 is 1.20. The van der Waals surface area contributed by atoms with Gasteiger partial charge in [0.15, 0.2) is 0 Å². The fourth-order valence-electron chi connectivity index (χ4n) is 2.44. The van der Waals surface area contributed by atoms with Crippen LogP contribution in [0.15, 0.2) is 36.7 Å². The maximum Gasteiger partial charge on any atom is 0.306 e. The Bertz CT molecular complexity index is 765. The van der Waals surface area contributed by atoms with Crippen LogP contribution in [0.2, 0.25) is 0 Å². The van der Waals surface area contributed by atoms with Gasteiger partial charge in [-0.2, -0.15) is 5.10 Å². The van der Waals surface area contributed by atoms with Crippen LogP contribution in [0.3, 0.4) is 0 Å². The molecule has 3 rings (SSSR count). The van der Waals surface area contributed by atoms with E-state index in [0.717, 1.165) is 11.1 Å². The number of carbonyl (C=O) groups is 2. The Hall–Kier alpha value is -3.07. The molecule has 0 radical (unpaired) electrons. The minimum Gasteiger partial charge on any atom is -0.389 e. The number of aliphatic hydroxyl groups is 1. The molecule has 0 fully saturated rings. The van der Waals surface area contributed by atoms with E-state index in [-0.39, 0.29) is 18.8 Å². The number of imide groups is 1. The van der Waals surface area contributed by atoms with E-state index in [1.807, 2.05) is 0 Å². The minimum atomic E-state index is -1.09. The SMILES string of the molecule is O=C1c2ccccc2C(=O)N1CC(O)Cn1cc([N+](=O)[O-])cn1. The average molecular weight is 316 g/mol. The van der Waals surface area contributed by atoms with Gasteiger partial charge in [0.05, 0.1) is 35.2 Å². The van der Waals surface area contributed by atoms with E-state index in [1.54, 1.807) is 24.3 Å². The van der Waals surface area contributed by atoms with Crippen LogP contribution in [-0.2, 0) is 6.54 Å². The van der Waals surface area contributed by atoms with E-state index in [2.05, 4.69) is 5.10 Å². The molecule has 0 aliphatic carbocycles. The minimum absolute atomic E-state index is 0.0682. The predicted octanol–water partition coefficient (Wildman–Crippen LogP) is 0.448. The Kier molecular flexibility index (Phi) is 3.62. The number of β-amino-alcohol motifs (C(OH)–C–C–N with tert-alkyl or cyclic N) is 1. The fourth-order valence-corrected chi connectivity index (χ4v) is 2.44. The van der Waals surface area contributed by atoms with Crippen LogP contribution in [0, 0.1) is 10.1 Å². The monoisotopic (exact) mass is 316 g/mol. The normalized spacial score (nSPS) is 14.9. The van der Waals surface area contributed by atoms with Crippen LogP contribution in [0.25, 0.3) is 0 Å². The number of fused-ring (bicyclic) bond motifs is 1. The van der Waals surface area contributed by atoms with E-state index < -0.39 is 22.8 Å². The van der Waals surface area contributed by atoms with Crippen LogP contribution >= 0.6 is 0 Å². The number of nitro groups is 1. The molecule has 1 aliphatic rings. The third-order valence-electron chi connectivity index (χ3n) is 3.50. The number of aliphatic hydroxyl groups excluding tert-OH is 1. The van der Waals surface area contributed by atoms with Crippen molar-refractivity contribution in [1.29, 1.82) is 0 Å². The Labute approximate surface area is 129 Å². The van der Waals surface area contributed by atoms with Gasteiger partial charge in [-0.25, -0.2) is 0 Å². The zero-order chi connectivity index (χ0) is 16.6. The quantitative estimate of drug-likeness (QED) is 0.486. The summed E-state index contributed by atoms with van der Waals surface area (Å²) in [7, 11) is 0. The molecule has 2 aromatic rings. The van der Waals surface area contributed by atoms with Gasteiger partial charge >= 0.3 is 5.69 Å². The zero-order valence-electron chi connectivity index (χ0n) is 11.8. The van der Waals surface area contributed by atoms with E-state index in [4.69, 9.17) is 0 Å². The van der Waals surface area contributed by atoms with E-state index in [9.17, 15) is 24.8 Å². The number of hydrogen-bond donors (Lipinski definition) is 1. The third kappa shape index (κ3) is 2.69. The number of aromatic nitrogens is 2. The number of amides is 2. The van der Waals surface area contributed by atoms with E-state index in [0.29, 0.717) is 11.1 Å². The van der Waals surface area contributed by atoms with Gasteiger partial charge in [0.25, 0.3) is 11.8 Å². The Morgan fingerprint density at radius 1 is 1.17 bits per heavy atom. The summed E-state index contributed by atoms with van der Waals surface area (Å²) in [5.74, 6) is -0.924. The Morgan fingerprint density at radius 3 is 2.30 bits per heavy atom. The molecule has 1 atom stereocenters. The van der Waals surface area contributed by atoms with Crippen LogP contribution < -0.4 is 0 Å². The van der Waals surface area contributed by atoms with Crippen LogP contribution in [0.4, 0.5) is 5.69 Å². The summed E-state index contributed by atoms with van der Waals surface area (Å²) >= 11 is 0. The van der Waals surface area contributed by atoms with Gasteiger partial charge in [-0.15, -0.1) is 0 Å². The van der Waals surface area contributed by atoms with Crippen molar-refractivity contribution in [2.45, 2.75) is 12.6 Å². The molecule has 0 spiro atoms. The second kappa shape index (κ2) is 5.61. The lowest BCUT2D eigenvalue weighted by Crippen LogP contribution is -2.38. The van der Waals surface area contributed by atoms with Crippen molar-refractivity contribution in [2.75, 3.05) is 6.54 Å². The molecular formula is C14H12N4O5. The molecule has 0 saturated heterocycles. The van der Waals surface area contributed by atoms with Gasteiger partial charge in [-0.1, -0.05) is 12.1 Å². The summed E-state index contributed by atoms with van der Waals surface area (Å²) in [4.78, 5) is 35.3. The standard InChI is InChI=1S/C14H12N4O5/c19-10(7-16-6-9(5-15-16)18(22)23)8-17-13(20)11-3-1-2-4-12(11)14(17)21/h1-6,10,19H,7-8H2. The van der Waals surface area contributed by atoms with Gasteiger partial charge < -0.3 is 5.11 Å². The largest absolute Gasteiger partial charge is 0.389 e. The molecule has 2 amide bonds. The van der Waals surface area contributed by atoms with Gasteiger partial charge in [0.1, 0.15) is 12.4 Å². The number of hydrogen-bond acceptors (Lipinski definition) is 6. The highest BCUT2D eigenvalue weighted by molar-refractivity contribution is 6.21. The van der Waals surface area contributed by atoms with Crippen molar-refractivity contribution in [3.8, 4) is 0 Å². The molecule has 2 heterocycles. The molecular weight excluding hydrogens is 304 g/mol. The van der Waals surface area contributed by atoms with Gasteiger partial charge in [-0.05, 0) is 12.1 Å².